The first-order valence-electron chi connectivity index (χ1n) is 20.7. The Bertz CT molecular complexity index is 2350. The number of hydroxylamine groups is 1. The quantitative estimate of drug-likeness (QED) is 0.0850. The summed E-state index contributed by atoms with van der Waals surface area (Å²) in [6, 6.07) is 24.9. The van der Waals surface area contributed by atoms with Crippen molar-refractivity contribution >= 4 is 40.8 Å². The van der Waals surface area contributed by atoms with Gasteiger partial charge < -0.3 is 33.3 Å². The number of amides is 2. The van der Waals surface area contributed by atoms with Gasteiger partial charge in [-0.15, -0.1) is 0 Å². The Morgan fingerprint density at radius 1 is 0.869 bits per heavy atom. The summed E-state index contributed by atoms with van der Waals surface area (Å²) in [5, 5.41) is 1.11. The second-order valence-corrected chi connectivity index (χ2v) is 15.9. The normalized spacial score (nSPS) is 20.1. The van der Waals surface area contributed by atoms with Crippen LogP contribution in [0.15, 0.2) is 91.4 Å². The molecule has 2 aliphatic heterocycles. The van der Waals surface area contributed by atoms with E-state index in [1.807, 2.05) is 48.3 Å². The van der Waals surface area contributed by atoms with Gasteiger partial charge in [0.25, 0.3) is 5.91 Å². The van der Waals surface area contributed by atoms with Crippen molar-refractivity contribution in [2.24, 2.45) is 13.0 Å². The Morgan fingerprint density at radius 2 is 1.51 bits per heavy atom. The SMILES string of the molecule is CC(=O)O[C@@H]1[C@H](C)O[C@@H](ONC(=O)c2cnc(N3CCC(CN(Cc4cn(C)c5ccccc45)C(=O)OCC4c5ccccc5-c5ccccc54)CC3)nc2)C[C@@H]1OC(C)=O. The molecule has 3 aliphatic rings. The molecule has 5 aromatic rings. The molecule has 1 N–H and O–H groups in total. The molecular formula is C46H50N6O9. The number of carbonyl (C=O) groups excluding carboxylic acids is 4. The number of ether oxygens (including phenoxy) is 4. The molecule has 3 aromatic carbocycles. The first-order valence-corrected chi connectivity index (χ1v) is 20.7. The molecule has 2 fully saturated rings. The van der Waals surface area contributed by atoms with Gasteiger partial charge in [-0.3, -0.25) is 14.4 Å². The van der Waals surface area contributed by atoms with E-state index in [0.717, 1.165) is 29.3 Å². The molecule has 0 bridgehead atoms. The average Bonchev–Trinajstić information content (AvgIpc) is 3.76. The molecule has 0 saturated carbocycles. The van der Waals surface area contributed by atoms with Gasteiger partial charge in [-0.25, -0.2) is 25.1 Å². The van der Waals surface area contributed by atoms with Crippen molar-refractivity contribution < 1.29 is 43.0 Å². The lowest BCUT2D eigenvalue weighted by atomic mass is 9.96. The first-order chi connectivity index (χ1) is 29.5. The number of hydrogen-bond acceptors (Lipinski definition) is 12. The molecule has 4 atom stereocenters. The second-order valence-electron chi connectivity index (χ2n) is 15.9. The van der Waals surface area contributed by atoms with E-state index in [0.29, 0.717) is 32.1 Å². The Morgan fingerprint density at radius 3 is 2.18 bits per heavy atom. The van der Waals surface area contributed by atoms with Crippen LogP contribution in [0.2, 0.25) is 0 Å². The van der Waals surface area contributed by atoms with Crippen LogP contribution in [-0.2, 0) is 47.0 Å². The standard InChI is InChI=1S/C46H50N6O9/c1-28-43(60-30(3)54)41(59-29(2)53)21-42(58-28)61-49-44(55)32-22-47-45(48-23-32)51-19-17-31(18-20-51)24-52(26-33-25-50(4)40-16-10-9-11-34(33)40)46(56)57-27-39-37-14-7-5-12-35(37)36-13-6-8-15-38(36)39/h5-16,22-23,25,28,31,39,41-43H,17-21,24,26-27H2,1-4H3,(H,49,55)/t28-,41-,42-,43+/m0/s1. The zero-order valence-electron chi connectivity index (χ0n) is 34.7. The van der Waals surface area contributed by atoms with Crippen molar-refractivity contribution in [1.29, 1.82) is 0 Å². The number of piperidine rings is 1. The van der Waals surface area contributed by atoms with Gasteiger partial charge in [0.15, 0.2) is 12.4 Å². The van der Waals surface area contributed by atoms with Crippen LogP contribution in [0.25, 0.3) is 22.0 Å². The number of benzene rings is 3. The second kappa shape index (κ2) is 18.1. The van der Waals surface area contributed by atoms with Crippen LogP contribution < -0.4 is 10.4 Å². The molecule has 1 aliphatic carbocycles. The van der Waals surface area contributed by atoms with E-state index >= 15 is 0 Å². The topological polar surface area (TPSA) is 164 Å². The number of aromatic nitrogens is 3. The van der Waals surface area contributed by atoms with E-state index in [1.165, 1.54) is 48.5 Å². The number of hydrogen-bond donors (Lipinski definition) is 1. The maximum atomic E-state index is 14.2. The number of anilines is 1. The Labute approximate surface area is 353 Å². The molecular weight excluding hydrogens is 781 g/mol. The third-order valence-corrected chi connectivity index (χ3v) is 11.7. The minimum atomic E-state index is -0.969. The predicted molar refractivity (Wildman–Crippen MR) is 224 cm³/mol. The monoisotopic (exact) mass is 830 g/mol. The van der Waals surface area contributed by atoms with Crippen molar-refractivity contribution in [2.45, 2.75) is 77.1 Å². The van der Waals surface area contributed by atoms with E-state index < -0.39 is 42.4 Å². The summed E-state index contributed by atoms with van der Waals surface area (Å²) in [6.07, 6.45) is 2.97. The van der Waals surface area contributed by atoms with Gasteiger partial charge in [0.1, 0.15) is 12.7 Å². The molecule has 8 rings (SSSR count). The molecule has 15 nitrogen and oxygen atoms in total. The molecule has 0 spiro atoms. The Hall–Kier alpha value is -6.32. The maximum Gasteiger partial charge on any atom is 0.410 e. The fraction of sp³-hybridized carbons (Fsp3) is 0.391. The molecule has 2 aromatic heterocycles. The van der Waals surface area contributed by atoms with Crippen LogP contribution in [0.4, 0.5) is 10.7 Å². The lowest BCUT2D eigenvalue weighted by Crippen LogP contribution is -2.52. The number of carbonyl (C=O) groups is 4. The van der Waals surface area contributed by atoms with Crippen LogP contribution in [0.1, 0.15) is 73.0 Å². The Kier molecular flexibility index (Phi) is 12.3. The molecule has 2 saturated heterocycles. The van der Waals surface area contributed by atoms with E-state index in [9.17, 15) is 19.2 Å². The zero-order chi connectivity index (χ0) is 42.6. The minimum Gasteiger partial charge on any atom is -0.458 e. The number of rotatable bonds is 12. The number of nitrogens with one attached hydrogen (secondary N) is 1. The number of nitrogens with zero attached hydrogens (tertiary/aromatic N) is 5. The molecule has 4 heterocycles. The Balaban J connectivity index is 0.879. The summed E-state index contributed by atoms with van der Waals surface area (Å²) >= 11 is 0. The smallest absolute Gasteiger partial charge is 0.410 e. The van der Waals surface area contributed by atoms with Gasteiger partial charge in [0.05, 0.1) is 18.2 Å². The molecule has 2 amide bonds. The van der Waals surface area contributed by atoms with Gasteiger partial charge in [0, 0.05) is 82.4 Å². The lowest BCUT2D eigenvalue weighted by Gasteiger charge is -2.38. The minimum absolute atomic E-state index is 0.0279. The van der Waals surface area contributed by atoms with Gasteiger partial charge in [-0.1, -0.05) is 66.7 Å². The van der Waals surface area contributed by atoms with Crippen molar-refractivity contribution in [3.8, 4) is 11.1 Å². The van der Waals surface area contributed by atoms with Crippen LogP contribution in [0.3, 0.4) is 0 Å². The summed E-state index contributed by atoms with van der Waals surface area (Å²) in [4.78, 5) is 68.8. The molecule has 0 unspecified atom stereocenters. The van der Waals surface area contributed by atoms with Crippen molar-refractivity contribution in [2.75, 3.05) is 31.1 Å². The third kappa shape index (κ3) is 9.22. The summed E-state index contributed by atoms with van der Waals surface area (Å²) in [5.74, 6) is -1.01. The van der Waals surface area contributed by atoms with Crippen LogP contribution in [0.5, 0.6) is 0 Å². The molecule has 0 radical (unpaired) electrons. The third-order valence-electron chi connectivity index (χ3n) is 11.7. The summed E-state index contributed by atoms with van der Waals surface area (Å²) in [5.41, 5.74) is 9.41. The van der Waals surface area contributed by atoms with E-state index in [-0.39, 0.29) is 36.5 Å². The summed E-state index contributed by atoms with van der Waals surface area (Å²) in [7, 11) is 2.02. The molecule has 61 heavy (non-hydrogen) atoms. The highest BCUT2D eigenvalue weighted by Gasteiger charge is 2.42. The van der Waals surface area contributed by atoms with Crippen molar-refractivity contribution in [3.05, 3.63) is 114 Å². The summed E-state index contributed by atoms with van der Waals surface area (Å²) in [6.45, 7) is 6.70. The van der Waals surface area contributed by atoms with Gasteiger partial charge in [-0.05, 0) is 59.6 Å². The van der Waals surface area contributed by atoms with Crippen LogP contribution >= 0.6 is 0 Å². The van der Waals surface area contributed by atoms with Crippen molar-refractivity contribution in [1.82, 2.24) is 24.9 Å². The van der Waals surface area contributed by atoms with Gasteiger partial charge in [0.2, 0.25) is 5.95 Å². The highest BCUT2D eigenvalue weighted by molar-refractivity contribution is 5.93. The largest absolute Gasteiger partial charge is 0.458 e. The predicted octanol–water partition coefficient (Wildman–Crippen LogP) is 6.30. The van der Waals surface area contributed by atoms with Crippen LogP contribution in [-0.4, -0.2) is 94.2 Å². The number of aryl methyl sites for hydroxylation is 1. The van der Waals surface area contributed by atoms with E-state index in [4.69, 9.17) is 23.8 Å². The van der Waals surface area contributed by atoms with Gasteiger partial charge in [-0.2, -0.15) is 0 Å². The maximum absolute atomic E-state index is 14.2. The van der Waals surface area contributed by atoms with E-state index in [1.54, 1.807) is 6.92 Å². The lowest BCUT2D eigenvalue weighted by molar-refractivity contribution is -0.266. The van der Waals surface area contributed by atoms with Crippen molar-refractivity contribution in [3.63, 3.8) is 0 Å². The number of fused-ring (bicyclic) bond motifs is 4. The van der Waals surface area contributed by atoms with E-state index in [2.05, 4.69) is 67.5 Å². The molecule has 15 heteroatoms. The average molecular weight is 831 g/mol. The fourth-order valence-electron chi connectivity index (χ4n) is 8.82. The fourth-order valence-corrected chi connectivity index (χ4v) is 8.82. The highest BCUT2D eigenvalue weighted by Crippen LogP contribution is 2.44. The summed E-state index contributed by atoms with van der Waals surface area (Å²) < 4.78 is 24.7. The number of esters is 2. The number of para-hydroxylation sites is 1. The highest BCUT2D eigenvalue weighted by atomic mass is 16.8. The van der Waals surface area contributed by atoms with Crippen LogP contribution in [0, 0.1) is 5.92 Å². The van der Waals surface area contributed by atoms with Gasteiger partial charge >= 0.3 is 18.0 Å². The first kappa shape index (κ1) is 41.4. The zero-order valence-corrected chi connectivity index (χ0v) is 34.7. The molecule has 318 valence electrons.